The number of esters is 1. The summed E-state index contributed by atoms with van der Waals surface area (Å²) in [4.78, 5) is 27.4. The summed E-state index contributed by atoms with van der Waals surface area (Å²) in [6.07, 6.45) is 1.39. The van der Waals surface area contributed by atoms with Gasteiger partial charge in [-0.2, -0.15) is 5.26 Å². The Hall–Kier alpha value is -3.20. The molecule has 0 bridgehead atoms. The number of nitrogens with one attached hydrogen (secondary N) is 1. The molecular weight excluding hydrogens is 282 g/mol. The molecule has 0 atom stereocenters. The minimum absolute atomic E-state index is 0.282. The van der Waals surface area contributed by atoms with Crippen LogP contribution in [0.3, 0.4) is 0 Å². The van der Waals surface area contributed by atoms with Crippen LogP contribution in [0.15, 0.2) is 42.6 Å². The highest BCUT2D eigenvalue weighted by atomic mass is 16.5. The van der Waals surface area contributed by atoms with Crippen LogP contribution in [0.1, 0.15) is 21.6 Å². The van der Waals surface area contributed by atoms with Crippen LogP contribution in [0, 0.1) is 18.3 Å². The molecule has 110 valence electrons. The highest BCUT2D eigenvalue weighted by molar-refractivity contribution is 5.95. The van der Waals surface area contributed by atoms with E-state index in [-0.39, 0.29) is 5.56 Å². The van der Waals surface area contributed by atoms with Crippen LogP contribution in [0.2, 0.25) is 0 Å². The van der Waals surface area contributed by atoms with Gasteiger partial charge in [-0.05, 0) is 37.3 Å². The summed E-state index contributed by atoms with van der Waals surface area (Å²) >= 11 is 0. The standard InChI is InChI=1S/C16H13N3O3/c1-11-5-6-13(9-18-11)16(21)22-10-15(20)19-14-4-2-3-12(7-14)8-17/h2-7,9H,10H2,1H3,(H,19,20). The lowest BCUT2D eigenvalue weighted by Crippen LogP contribution is -2.21. The molecule has 6 nitrogen and oxygen atoms in total. The van der Waals surface area contributed by atoms with Gasteiger partial charge in [-0.15, -0.1) is 0 Å². The second-order valence-electron chi connectivity index (χ2n) is 4.51. The molecule has 0 radical (unpaired) electrons. The molecular formula is C16H13N3O3. The Morgan fingerprint density at radius 2 is 2.14 bits per heavy atom. The Morgan fingerprint density at radius 3 is 2.82 bits per heavy atom. The minimum atomic E-state index is -0.617. The van der Waals surface area contributed by atoms with Crippen LogP contribution in [-0.2, 0) is 9.53 Å². The maximum Gasteiger partial charge on any atom is 0.340 e. The number of carbonyl (C=O) groups excluding carboxylic acids is 2. The second kappa shape index (κ2) is 6.99. The number of rotatable bonds is 4. The van der Waals surface area contributed by atoms with Crippen LogP contribution in [-0.4, -0.2) is 23.5 Å². The quantitative estimate of drug-likeness (QED) is 0.871. The van der Waals surface area contributed by atoms with Gasteiger partial charge in [0.25, 0.3) is 5.91 Å². The molecule has 0 fully saturated rings. The van der Waals surface area contributed by atoms with Crippen molar-refractivity contribution in [3.8, 4) is 6.07 Å². The molecule has 1 amide bonds. The van der Waals surface area contributed by atoms with Crippen molar-refractivity contribution < 1.29 is 14.3 Å². The largest absolute Gasteiger partial charge is 0.452 e. The zero-order chi connectivity index (χ0) is 15.9. The molecule has 0 saturated carbocycles. The number of nitriles is 1. The van der Waals surface area contributed by atoms with Crippen molar-refractivity contribution in [1.29, 1.82) is 5.26 Å². The van der Waals surface area contributed by atoms with Crippen molar-refractivity contribution in [2.45, 2.75) is 6.92 Å². The molecule has 1 aromatic heterocycles. The first kappa shape index (κ1) is 15.2. The molecule has 0 aliphatic rings. The summed E-state index contributed by atoms with van der Waals surface area (Å²) < 4.78 is 4.90. The number of ether oxygens (including phenoxy) is 1. The van der Waals surface area contributed by atoms with E-state index in [0.29, 0.717) is 11.3 Å². The Kier molecular flexibility index (Phi) is 4.83. The Labute approximate surface area is 127 Å². The number of hydrogen-bond acceptors (Lipinski definition) is 5. The number of pyridine rings is 1. The predicted molar refractivity (Wildman–Crippen MR) is 79.0 cm³/mol. The van der Waals surface area contributed by atoms with Gasteiger partial charge < -0.3 is 10.1 Å². The highest BCUT2D eigenvalue weighted by Crippen LogP contribution is 2.09. The summed E-state index contributed by atoms with van der Waals surface area (Å²) in [7, 11) is 0. The molecule has 1 N–H and O–H groups in total. The number of benzene rings is 1. The van der Waals surface area contributed by atoms with Crippen LogP contribution in [0.4, 0.5) is 5.69 Å². The molecule has 1 heterocycles. The van der Waals surface area contributed by atoms with E-state index in [1.165, 1.54) is 12.3 Å². The molecule has 2 aromatic rings. The zero-order valence-corrected chi connectivity index (χ0v) is 11.9. The minimum Gasteiger partial charge on any atom is -0.452 e. The summed E-state index contributed by atoms with van der Waals surface area (Å²) in [5.74, 6) is -1.10. The van der Waals surface area contributed by atoms with Crippen molar-refractivity contribution in [1.82, 2.24) is 4.98 Å². The second-order valence-corrected chi connectivity index (χ2v) is 4.51. The van der Waals surface area contributed by atoms with E-state index >= 15 is 0 Å². The van der Waals surface area contributed by atoms with Crippen molar-refractivity contribution in [2.75, 3.05) is 11.9 Å². The number of aromatic nitrogens is 1. The molecule has 0 aliphatic heterocycles. The fraction of sp³-hybridized carbons (Fsp3) is 0.125. The SMILES string of the molecule is Cc1ccc(C(=O)OCC(=O)Nc2cccc(C#N)c2)cn1. The third-order valence-electron chi connectivity index (χ3n) is 2.76. The van der Waals surface area contributed by atoms with Crippen molar-refractivity contribution in [3.63, 3.8) is 0 Å². The van der Waals surface area contributed by atoms with Gasteiger partial charge in [-0.3, -0.25) is 9.78 Å². The Bertz CT molecular complexity index is 733. The first-order valence-corrected chi connectivity index (χ1v) is 6.48. The van der Waals surface area contributed by atoms with Crippen LogP contribution < -0.4 is 5.32 Å². The van der Waals surface area contributed by atoms with E-state index in [4.69, 9.17) is 10.00 Å². The first-order valence-electron chi connectivity index (χ1n) is 6.48. The van der Waals surface area contributed by atoms with Crippen molar-refractivity contribution >= 4 is 17.6 Å². The normalized spacial score (nSPS) is 9.64. The van der Waals surface area contributed by atoms with Gasteiger partial charge in [0.1, 0.15) is 0 Å². The van der Waals surface area contributed by atoms with Gasteiger partial charge in [-0.25, -0.2) is 4.79 Å². The molecule has 2 rings (SSSR count). The Morgan fingerprint density at radius 1 is 1.32 bits per heavy atom. The molecule has 0 saturated heterocycles. The third-order valence-corrected chi connectivity index (χ3v) is 2.76. The lowest BCUT2D eigenvalue weighted by Gasteiger charge is -2.07. The van der Waals surface area contributed by atoms with E-state index in [9.17, 15) is 9.59 Å². The summed E-state index contributed by atoms with van der Waals surface area (Å²) in [5.41, 5.74) is 1.97. The fourth-order valence-electron chi connectivity index (χ4n) is 1.67. The van der Waals surface area contributed by atoms with E-state index in [2.05, 4.69) is 10.3 Å². The molecule has 22 heavy (non-hydrogen) atoms. The zero-order valence-electron chi connectivity index (χ0n) is 11.9. The molecule has 6 heteroatoms. The summed E-state index contributed by atoms with van der Waals surface area (Å²) in [6.45, 7) is 1.39. The smallest absolute Gasteiger partial charge is 0.340 e. The molecule has 0 unspecified atom stereocenters. The molecule has 0 aliphatic carbocycles. The highest BCUT2D eigenvalue weighted by Gasteiger charge is 2.10. The topological polar surface area (TPSA) is 92.1 Å². The van der Waals surface area contributed by atoms with Gasteiger partial charge in [0.15, 0.2) is 6.61 Å². The van der Waals surface area contributed by atoms with Crippen molar-refractivity contribution in [3.05, 3.63) is 59.4 Å². The maximum atomic E-state index is 11.7. The first-order chi connectivity index (χ1) is 10.6. The van der Waals surface area contributed by atoms with Crippen LogP contribution in [0.5, 0.6) is 0 Å². The number of carbonyl (C=O) groups is 2. The van der Waals surface area contributed by atoms with Gasteiger partial charge in [0, 0.05) is 17.6 Å². The number of nitrogens with zero attached hydrogens (tertiary/aromatic N) is 2. The van der Waals surface area contributed by atoms with Crippen LogP contribution >= 0.6 is 0 Å². The average molecular weight is 295 g/mol. The summed E-state index contributed by atoms with van der Waals surface area (Å²) in [5, 5.41) is 11.3. The lowest BCUT2D eigenvalue weighted by molar-refractivity contribution is -0.119. The van der Waals surface area contributed by atoms with Crippen molar-refractivity contribution in [2.24, 2.45) is 0 Å². The van der Waals surface area contributed by atoms with E-state index in [0.717, 1.165) is 5.69 Å². The van der Waals surface area contributed by atoms with Crippen LogP contribution in [0.25, 0.3) is 0 Å². The Balaban J connectivity index is 1.88. The lowest BCUT2D eigenvalue weighted by atomic mass is 10.2. The number of aryl methyl sites for hydroxylation is 1. The van der Waals surface area contributed by atoms with E-state index in [1.54, 1.807) is 37.3 Å². The predicted octanol–water partition coefficient (Wildman–Crippen LogP) is 2.06. The summed E-state index contributed by atoms with van der Waals surface area (Å²) in [6, 6.07) is 11.7. The number of amides is 1. The van der Waals surface area contributed by atoms with Gasteiger partial charge >= 0.3 is 5.97 Å². The maximum absolute atomic E-state index is 11.7. The number of hydrogen-bond donors (Lipinski definition) is 1. The van der Waals surface area contributed by atoms with Gasteiger partial charge in [0.05, 0.1) is 17.2 Å². The molecule has 1 aromatic carbocycles. The third kappa shape index (κ3) is 4.15. The number of anilines is 1. The van der Waals surface area contributed by atoms with Gasteiger partial charge in [0.2, 0.25) is 0 Å². The fourth-order valence-corrected chi connectivity index (χ4v) is 1.67. The molecule has 0 spiro atoms. The van der Waals surface area contributed by atoms with Gasteiger partial charge in [-0.1, -0.05) is 6.07 Å². The van der Waals surface area contributed by atoms with E-state index in [1.807, 2.05) is 6.07 Å². The average Bonchev–Trinajstić information content (AvgIpc) is 2.53. The van der Waals surface area contributed by atoms with E-state index < -0.39 is 18.5 Å². The monoisotopic (exact) mass is 295 g/mol.